The van der Waals surface area contributed by atoms with Crippen LogP contribution in [0.2, 0.25) is 0 Å². The number of amides is 1. The molecule has 0 spiro atoms. The third-order valence-electron chi connectivity index (χ3n) is 2.95. The number of nitrogens with zero attached hydrogens (tertiary/aromatic N) is 1. The minimum Gasteiger partial charge on any atom is -0.399 e. The van der Waals surface area contributed by atoms with Gasteiger partial charge in [0.15, 0.2) is 0 Å². The van der Waals surface area contributed by atoms with Crippen LogP contribution in [0.4, 0.5) is 17.1 Å². The van der Waals surface area contributed by atoms with Gasteiger partial charge in [-0.25, -0.2) is 0 Å². The Morgan fingerprint density at radius 2 is 1.62 bits per heavy atom. The van der Waals surface area contributed by atoms with Gasteiger partial charge in [-0.1, -0.05) is 0 Å². The minimum absolute atomic E-state index is 0.175. The van der Waals surface area contributed by atoms with Crippen LogP contribution in [0, 0.1) is 0 Å². The van der Waals surface area contributed by atoms with Crippen LogP contribution in [-0.2, 0) is 0 Å². The maximum absolute atomic E-state index is 12.3. The Morgan fingerprint density at radius 1 is 1.10 bits per heavy atom. The van der Waals surface area contributed by atoms with Gasteiger partial charge in [0.05, 0.1) is 5.69 Å². The van der Waals surface area contributed by atoms with Gasteiger partial charge in [-0.05, 0) is 68.3 Å². The van der Waals surface area contributed by atoms with Crippen LogP contribution in [0.25, 0.3) is 0 Å². The summed E-state index contributed by atoms with van der Waals surface area (Å²) < 4.78 is 1.46. The molecule has 0 saturated carbocycles. The zero-order valence-corrected chi connectivity index (χ0v) is 14.8. The molecule has 0 bridgehead atoms. The molecule has 0 atom stereocenters. The molecular weight excluding hydrogens is 398 g/mol. The molecule has 110 valence electrons. The number of hydrogen-bond acceptors (Lipinski definition) is 3. The zero-order valence-electron chi connectivity index (χ0n) is 11.7. The lowest BCUT2D eigenvalue weighted by Gasteiger charge is -2.13. The Morgan fingerprint density at radius 3 is 2.10 bits per heavy atom. The van der Waals surface area contributed by atoms with E-state index in [9.17, 15) is 4.79 Å². The number of anilines is 3. The fourth-order valence-electron chi connectivity index (χ4n) is 1.81. The Kier molecular flexibility index (Phi) is 4.90. The van der Waals surface area contributed by atoms with Gasteiger partial charge in [-0.2, -0.15) is 0 Å². The molecule has 2 aromatic rings. The van der Waals surface area contributed by atoms with Crippen LogP contribution in [0.3, 0.4) is 0 Å². The van der Waals surface area contributed by atoms with E-state index in [1.165, 1.54) is 0 Å². The number of hydrogen-bond donors (Lipinski definition) is 2. The van der Waals surface area contributed by atoms with Crippen molar-refractivity contribution in [2.75, 3.05) is 30.0 Å². The van der Waals surface area contributed by atoms with E-state index in [1.54, 1.807) is 24.3 Å². The highest BCUT2D eigenvalue weighted by molar-refractivity contribution is 9.11. The van der Waals surface area contributed by atoms with Crippen molar-refractivity contribution >= 4 is 54.8 Å². The van der Waals surface area contributed by atoms with Crippen LogP contribution < -0.4 is 16.0 Å². The molecule has 21 heavy (non-hydrogen) atoms. The Balaban J connectivity index is 2.22. The molecule has 2 aromatic carbocycles. The van der Waals surface area contributed by atoms with Gasteiger partial charge in [0.25, 0.3) is 5.91 Å². The second-order valence-corrected chi connectivity index (χ2v) is 6.46. The number of halogens is 2. The molecule has 0 unspecified atom stereocenters. The molecule has 4 nitrogen and oxygen atoms in total. The Hall–Kier alpha value is -1.53. The molecule has 6 heteroatoms. The first-order valence-corrected chi connectivity index (χ1v) is 7.80. The molecular formula is C15H15Br2N3O. The molecule has 0 saturated heterocycles. The summed E-state index contributed by atoms with van der Waals surface area (Å²) in [6, 6.07) is 10.9. The minimum atomic E-state index is -0.175. The molecule has 1 amide bonds. The number of rotatable bonds is 3. The maximum atomic E-state index is 12.3. The largest absolute Gasteiger partial charge is 0.399 e. The summed E-state index contributed by atoms with van der Waals surface area (Å²) in [6.45, 7) is 0. The average Bonchev–Trinajstić information content (AvgIpc) is 2.42. The van der Waals surface area contributed by atoms with E-state index < -0.39 is 0 Å². The van der Waals surface area contributed by atoms with Crippen molar-refractivity contribution in [3.8, 4) is 0 Å². The first-order valence-electron chi connectivity index (χ1n) is 6.21. The van der Waals surface area contributed by atoms with E-state index in [4.69, 9.17) is 5.73 Å². The van der Waals surface area contributed by atoms with Crippen LogP contribution in [0.15, 0.2) is 45.3 Å². The van der Waals surface area contributed by atoms with E-state index in [1.807, 2.05) is 31.1 Å². The number of carbonyl (C=O) groups excluding carboxylic acids is 1. The Bertz CT molecular complexity index is 646. The van der Waals surface area contributed by atoms with Gasteiger partial charge in [0.2, 0.25) is 0 Å². The van der Waals surface area contributed by atoms with E-state index in [2.05, 4.69) is 37.2 Å². The molecule has 0 fully saturated rings. The topological polar surface area (TPSA) is 58.4 Å². The lowest BCUT2D eigenvalue weighted by molar-refractivity contribution is 0.102. The van der Waals surface area contributed by atoms with E-state index >= 15 is 0 Å². The summed E-state index contributed by atoms with van der Waals surface area (Å²) in [7, 11) is 3.91. The lowest BCUT2D eigenvalue weighted by atomic mass is 10.2. The first kappa shape index (κ1) is 15.9. The lowest BCUT2D eigenvalue weighted by Crippen LogP contribution is -2.14. The smallest absolute Gasteiger partial charge is 0.255 e. The summed E-state index contributed by atoms with van der Waals surface area (Å²) in [5.41, 5.74) is 8.65. The average molecular weight is 413 g/mol. The summed E-state index contributed by atoms with van der Waals surface area (Å²) in [5.74, 6) is -0.175. The molecule has 3 N–H and O–H groups in total. The van der Waals surface area contributed by atoms with Crippen molar-refractivity contribution in [1.29, 1.82) is 0 Å². The third-order valence-corrected chi connectivity index (χ3v) is 4.20. The van der Waals surface area contributed by atoms with Crippen molar-refractivity contribution in [3.63, 3.8) is 0 Å². The van der Waals surface area contributed by atoms with Gasteiger partial charge in [-0.15, -0.1) is 0 Å². The van der Waals surface area contributed by atoms with Gasteiger partial charge >= 0.3 is 0 Å². The molecule has 0 aliphatic rings. The SMILES string of the molecule is CN(C)c1ccc(C(=O)Nc2c(Br)cc(N)cc2Br)cc1. The van der Waals surface area contributed by atoms with Crippen LogP contribution in [-0.4, -0.2) is 20.0 Å². The quantitative estimate of drug-likeness (QED) is 0.745. The summed E-state index contributed by atoms with van der Waals surface area (Å²) in [4.78, 5) is 14.3. The number of nitrogens with two attached hydrogens (primary N) is 1. The third kappa shape index (κ3) is 3.77. The van der Waals surface area contributed by atoms with Gasteiger partial charge in [0, 0.05) is 40.0 Å². The van der Waals surface area contributed by atoms with Crippen LogP contribution in [0.5, 0.6) is 0 Å². The normalized spacial score (nSPS) is 10.3. The summed E-state index contributed by atoms with van der Waals surface area (Å²) in [6.07, 6.45) is 0. The van der Waals surface area contributed by atoms with Crippen molar-refractivity contribution in [2.24, 2.45) is 0 Å². The number of nitrogens with one attached hydrogen (secondary N) is 1. The second kappa shape index (κ2) is 6.49. The van der Waals surface area contributed by atoms with Crippen molar-refractivity contribution in [3.05, 3.63) is 50.9 Å². The molecule has 0 aliphatic carbocycles. The van der Waals surface area contributed by atoms with Crippen LogP contribution in [0.1, 0.15) is 10.4 Å². The predicted molar refractivity (Wildman–Crippen MR) is 95.0 cm³/mol. The van der Waals surface area contributed by atoms with Gasteiger partial charge in [0.1, 0.15) is 0 Å². The maximum Gasteiger partial charge on any atom is 0.255 e. The summed E-state index contributed by atoms with van der Waals surface area (Å²) >= 11 is 6.80. The van der Waals surface area contributed by atoms with E-state index in [-0.39, 0.29) is 5.91 Å². The number of carbonyl (C=O) groups is 1. The molecule has 2 rings (SSSR count). The molecule has 0 radical (unpaired) electrons. The standard InChI is InChI=1S/C15H15Br2N3O/c1-20(2)11-5-3-9(4-6-11)15(21)19-14-12(16)7-10(18)8-13(14)17/h3-8H,18H2,1-2H3,(H,19,21). The Labute approximate surface area is 140 Å². The molecule has 0 aliphatic heterocycles. The van der Waals surface area contributed by atoms with Crippen molar-refractivity contribution in [1.82, 2.24) is 0 Å². The van der Waals surface area contributed by atoms with Gasteiger partial charge < -0.3 is 16.0 Å². The number of nitrogen functional groups attached to an aromatic ring is 1. The van der Waals surface area contributed by atoms with Crippen molar-refractivity contribution in [2.45, 2.75) is 0 Å². The second-order valence-electron chi connectivity index (χ2n) is 4.75. The van der Waals surface area contributed by atoms with Gasteiger partial charge in [-0.3, -0.25) is 4.79 Å². The fourth-order valence-corrected chi connectivity index (χ4v) is 3.23. The first-order chi connectivity index (χ1) is 9.88. The highest BCUT2D eigenvalue weighted by Gasteiger charge is 2.12. The molecule has 0 aromatic heterocycles. The highest BCUT2D eigenvalue weighted by Crippen LogP contribution is 2.33. The summed E-state index contributed by atoms with van der Waals surface area (Å²) in [5, 5.41) is 2.87. The number of benzene rings is 2. The van der Waals surface area contributed by atoms with Crippen molar-refractivity contribution < 1.29 is 4.79 Å². The van der Waals surface area contributed by atoms with E-state index in [0.29, 0.717) is 16.9 Å². The zero-order chi connectivity index (χ0) is 15.6. The fraction of sp³-hybridized carbons (Fsp3) is 0.133. The molecule has 0 heterocycles. The van der Waals surface area contributed by atoms with E-state index in [0.717, 1.165) is 14.6 Å². The highest BCUT2D eigenvalue weighted by atomic mass is 79.9. The monoisotopic (exact) mass is 411 g/mol. The predicted octanol–water partition coefficient (Wildman–Crippen LogP) is 4.11. The van der Waals surface area contributed by atoms with Crippen LogP contribution >= 0.6 is 31.9 Å².